The van der Waals surface area contributed by atoms with Crippen LogP contribution in [-0.2, 0) is 0 Å². The molecule has 1 aromatic carbocycles. The van der Waals surface area contributed by atoms with Crippen molar-refractivity contribution in [3.05, 3.63) is 27.7 Å². The Hall–Kier alpha value is -1.27. The van der Waals surface area contributed by atoms with Crippen LogP contribution in [0, 0.1) is 19.3 Å². The zero-order valence-corrected chi connectivity index (χ0v) is 10.0. The van der Waals surface area contributed by atoms with Crippen molar-refractivity contribution in [3.63, 3.8) is 0 Å². The molecule has 0 N–H and O–H groups in total. The second-order valence-corrected chi connectivity index (χ2v) is 3.98. The summed E-state index contributed by atoms with van der Waals surface area (Å²) in [5.74, 6) is 3.10. The Morgan fingerprint density at radius 2 is 2.33 bits per heavy atom. The van der Waals surface area contributed by atoms with Gasteiger partial charge in [-0.25, -0.2) is 0 Å². The third kappa shape index (κ3) is 3.10. The number of halogens is 1. The van der Waals surface area contributed by atoms with E-state index < -0.39 is 0 Å². The van der Waals surface area contributed by atoms with Gasteiger partial charge in [0.05, 0.1) is 12.2 Å². The lowest BCUT2D eigenvalue weighted by Gasteiger charge is -2.10. The van der Waals surface area contributed by atoms with E-state index in [9.17, 15) is 4.79 Å². The minimum absolute atomic E-state index is 0.430. The number of carbonyl (C=O) groups is 1. The van der Waals surface area contributed by atoms with Gasteiger partial charge in [0, 0.05) is 10.9 Å². The van der Waals surface area contributed by atoms with Crippen molar-refractivity contribution in [3.8, 4) is 18.1 Å². The fraction of sp³-hybridized carbons (Fsp3) is 0.250. The molecular formula is C12H11BrO2. The molecule has 2 nitrogen and oxygen atoms in total. The molecule has 78 valence electrons. The Bertz CT molecular complexity index is 405. The molecule has 0 spiro atoms. The van der Waals surface area contributed by atoms with E-state index in [4.69, 9.17) is 11.2 Å². The van der Waals surface area contributed by atoms with Crippen LogP contribution < -0.4 is 4.74 Å². The van der Waals surface area contributed by atoms with Gasteiger partial charge in [-0.15, -0.1) is 12.3 Å². The molecule has 0 bridgehead atoms. The number of rotatable bonds is 4. The summed E-state index contributed by atoms with van der Waals surface area (Å²) < 4.78 is 6.33. The average Bonchev–Trinajstić information content (AvgIpc) is 2.20. The maximum atomic E-state index is 10.8. The zero-order valence-electron chi connectivity index (χ0n) is 8.42. The largest absolute Gasteiger partial charge is 0.492 e. The van der Waals surface area contributed by atoms with Crippen LogP contribution in [0.2, 0.25) is 0 Å². The number of terminal acetylenes is 1. The summed E-state index contributed by atoms with van der Waals surface area (Å²) in [6.07, 6.45) is 6.43. The summed E-state index contributed by atoms with van der Waals surface area (Å²) in [4.78, 5) is 10.8. The molecule has 0 saturated heterocycles. The maximum absolute atomic E-state index is 10.8. The first-order chi connectivity index (χ1) is 7.19. The van der Waals surface area contributed by atoms with E-state index in [0.717, 1.165) is 16.3 Å². The molecule has 0 aliphatic carbocycles. The summed E-state index contributed by atoms with van der Waals surface area (Å²) >= 11 is 3.32. The van der Waals surface area contributed by atoms with Crippen LogP contribution in [-0.4, -0.2) is 12.9 Å². The third-order valence-electron chi connectivity index (χ3n) is 1.89. The number of hydrogen-bond acceptors (Lipinski definition) is 2. The predicted molar refractivity (Wildman–Crippen MR) is 63.2 cm³/mol. The van der Waals surface area contributed by atoms with Gasteiger partial charge in [0.15, 0.2) is 6.29 Å². The molecule has 1 aromatic rings. The highest BCUT2D eigenvalue weighted by atomic mass is 79.9. The smallest absolute Gasteiger partial charge is 0.153 e. The van der Waals surface area contributed by atoms with Crippen molar-refractivity contribution >= 4 is 22.2 Å². The maximum Gasteiger partial charge on any atom is 0.153 e. The van der Waals surface area contributed by atoms with Crippen LogP contribution in [0.25, 0.3) is 0 Å². The van der Waals surface area contributed by atoms with Crippen LogP contribution in [0.3, 0.4) is 0 Å². The molecule has 0 unspecified atom stereocenters. The average molecular weight is 267 g/mol. The number of benzene rings is 1. The van der Waals surface area contributed by atoms with Crippen LogP contribution in [0.5, 0.6) is 5.75 Å². The van der Waals surface area contributed by atoms with Crippen molar-refractivity contribution < 1.29 is 9.53 Å². The second kappa shape index (κ2) is 5.57. The Morgan fingerprint density at radius 1 is 1.60 bits per heavy atom. The highest BCUT2D eigenvalue weighted by molar-refractivity contribution is 9.10. The Morgan fingerprint density at radius 3 is 2.93 bits per heavy atom. The standard InChI is InChI=1S/C12H11BrO2/c1-3-4-5-15-12-9(2)6-11(13)7-10(12)8-14/h1,6-8H,4-5H2,2H3. The van der Waals surface area contributed by atoms with Crippen molar-refractivity contribution in [1.29, 1.82) is 0 Å². The summed E-state index contributed by atoms with van der Waals surface area (Å²) in [6.45, 7) is 2.32. The van der Waals surface area contributed by atoms with E-state index in [2.05, 4.69) is 21.9 Å². The Labute approximate surface area is 97.8 Å². The van der Waals surface area contributed by atoms with Gasteiger partial charge in [0.25, 0.3) is 0 Å². The number of aryl methyl sites for hydroxylation is 1. The van der Waals surface area contributed by atoms with Crippen molar-refractivity contribution in [2.24, 2.45) is 0 Å². The van der Waals surface area contributed by atoms with Crippen LogP contribution >= 0.6 is 15.9 Å². The highest BCUT2D eigenvalue weighted by Gasteiger charge is 2.07. The molecule has 0 aliphatic heterocycles. The number of aldehydes is 1. The van der Waals surface area contributed by atoms with E-state index >= 15 is 0 Å². The number of hydrogen-bond donors (Lipinski definition) is 0. The van der Waals surface area contributed by atoms with Crippen LogP contribution in [0.1, 0.15) is 22.3 Å². The number of ether oxygens (including phenoxy) is 1. The zero-order chi connectivity index (χ0) is 11.3. The first-order valence-electron chi connectivity index (χ1n) is 4.50. The molecule has 0 fully saturated rings. The molecule has 1 rings (SSSR count). The summed E-state index contributed by atoms with van der Waals surface area (Å²) in [5.41, 5.74) is 1.46. The molecular weight excluding hydrogens is 256 g/mol. The molecule has 0 radical (unpaired) electrons. The lowest BCUT2D eigenvalue weighted by atomic mass is 10.1. The summed E-state index contributed by atoms with van der Waals surface area (Å²) in [7, 11) is 0. The van der Waals surface area contributed by atoms with Gasteiger partial charge in [-0.3, -0.25) is 4.79 Å². The molecule has 0 amide bonds. The molecule has 15 heavy (non-hydrogen) atoms. The minimum Gasteiger partial charge on any atom is -0.492 e. The van der Waals surface area contributed by atoms with Gasteiger partial charge >= 0.3 is 0 Å². The van der Waals surface area contributed by atoms with Gasteiger partial charge in [-0.1, -0.05) is 15.9 Å². The SMILES string of the molecule is C#CCCOc1c(C)cc(Br)cc1C=O. The van der Waals surface area contributed by atoms with Gasteiger partial charge in [0.1, 0.15) is 5.75 Å². The van der Waals surface area contributed by atoms with E-state index in [1.54, 1.807) is 6.07 Å². The van der Waals surface area contributed by atoms with Crippen LogP contribution in [0.4, 0.5) is 0 Å². The Balaban J connectivity index is 2.95. The predicted octanol–water partition coefficient (Wildman–Crippen LogP) is 2.97. The van der Waals surface area contributed by atoms with Crippen LogP contribution in [0.15, 0.2) is 16.6 Å². The molecule has 0 atom stereocenters. The summed E-state index contributed by atoms with van der Waals surface area (Å²) in [5, 5.41) is 0. The second-order valence-electron chi connectivity index (χ2n) is 3.06. The van der Waals surface area contributed by atoms with Gasteiger partial charge in [-0.05, 0) is 24.6 Å². The lowest BCUT2D eigenvalue weighted by Crippen LogP contribution is -2.01. The van der Waals surface area contributed by atoms with Crippen molar-refractivity contribution in [2.75, 3.05) is 6.61 Å². The third-order valence-corrected chi connectivity index (χ3v) is 2.35. The Kier molecular flexibility index (Phi) is 4.38. The monoisotopic (exact) mass is 266 g/mol. The fourth-order valence-corrected chi connectivity index (χ4v) is 1.84. The van der Waals surface area contributed by atoms with Crippen molar-refractivity contribution in [1.82, 2.24) is 0 Å². The first-order valence-corrected chi connectivity index (χ1v) is 5.30. The van der Waals surface area contributed by atoms with E-state index in [0.29, 0.717) is 24.3 Å². The van der Waals surface area contributed by atoms with E-state index in [-0.39, 0.29) is 0 Å². The quantitative estimate of drug-likeness (QED) is 0.476. The molecule has 0 saturated carbocycles. The molecule has 0 aromatic heterocycles. The minimum atomic E-state index is 0.430. The topological polar surface area (TPSA) is 26.3 Å². The first kappa shape index (κ1) is 11.8. The van der Waals surface area contributed by atoms with Gasteiger partial charge in [0.2, 0.25) is 0 Å². The van der Waals surface area contributed by atoms with E-state index in [1.807, 2.05) is 13.0 Å². The molecule has 0 heterocycles. The van der Waals surface area contributed by atoms with Gasteiger partial charge in [-0.2, -0.15) is 0 Å². The highest BCUT2D eigenvalue weighted by Crippen LogP contribution is 2.26. The summed E-state index contributed by atoms with van der Waals surface area (Å²) in [6, 6.07) is 3.63. The molecule has 3 heteroatoms. The lowest BCUT2D eigenvalue weighted by molar-refractivity contribution is 0.111. The number of carbonyl (C=O) groups excluding carboxylic acids is 1. The van der Waals surface area contributed by atoms with E-state index in [1.165, 1.54) is 0 Å². The molecule has 0 aliphatic rings. The normalized spacial score (nSPS) is 9.40. The van der Waals surface area contributed by atoms with Gasteiger partial charge < -0.3 is 4.74 Å². The van der Waals surface area contributed by atoms with Crippen molar-refractivity contribution in [2.45, 2.75) is 13.3 Å². The fourth-order valence-electron chi connectivity index (χ4n) is 1.25.